The zero-order chi connectivity index (χ0) is 11.6. The molecule has 2 fully saturated rings. The van der Waals surface area contributed by atoms with Crippen LogP contribution in [-0.2, 0) is 9.53 Å². The quantitative estimate of drug-likeness (QED) is 0.728. The molecule has 2 aliphatic rings. The molecular weight excluding hydrogens is 210 g/mol. The predicted molar refractivity (Wildman–Crippen MR) is 56.1 cm³/mol. The lowest BCUT2D eigenvalue weighted by molar-refractivity contribution is -0.150. The van der Waals surface area contributed by atoms with Crippen molar-refractivity contribution in [3.8, 4) is 0 Å². The SMILES string of the molecule is O=C1OCCN1C1(C(=O)O)CCCCCC1. The molecule has 1 heterocycles. The number of carbonyl (C=O) groups excluding carboxylic acids is 1. The highest BCUT2D eigenvalue weighted by Gasteiger charge is 2.48. The number of carboxylic acids is 1. The first kappa shape index (κ1) is 11.2. The third-order valence-corrected chi connectivity index (χ3v) is 3.61. The van der Waals surface area contributed by atoms with Crippen LogP contribution in [0.15, 0.2) is 0 Å². The van der Waals surface area contributed by atoms with Crippen molar-refractivity contribution < 1.29 is 19.4 Å². The van der Waals surface area contributed by atoms with E-state index in [-0.39, 0.29) is 0 Å². The normalized spacial score (nSPS) is 25.0. The number of aliphatic carboxylic acids is 1. The van der Waals surface area contributed by atoms with E-state index < -0.39 is 17.6 Å². The molecule has 0 aromatic rings. The Morgan fingerprint density at radius 2 is 1.88 bits per heavy atom. The van der Waals surface area contributed by atoms with Crippen LogP contribution in [-0.4, -0.2) is 40.8 Å². The van der Waals surface area contributed by atoms with Gasteiger partial charge in [-0.25, -0.2) is 9.59 Å². The van der Waals surface area contributed by atoms with E-state index in [9.17, 15) is 14.7 Å². The van der Waals surface area contributed by atoms with Crippen molar-refractivity contribution in [1.29, 1.82) is 0 Å². The van der Waals surface area contributed by atoms with Crippen LogP contribution in [0.4, 0.5) is 4.79 Å². The van der Waals surface area contributed by atoms with Gasteiger partial charge in [-0.3, -0.25) is 4.90 Å². The summed E-state index contributed by atoms with van der Waals surface area (Å²) in [4.78, 5) is 24.5. The molecule has 1 aliphatic heterocycles. The van der Waals surface area contributed by atoms with E-state index >= 15 is 0 Å². The van der Waals surface area contributed by atoms with Crippen LogP contribution in [0.1, 0.15) is 38.5 Å². The molecule has 0 unspecified atom stereocenters. The molecule has 1 aliphatic carbocycles. The lowest BCUT2D eigenvalue weighted by Crippen LogP contribution is -2.54. The number of hydrogen-bond donors (Lipinski definition) is 1. The minimum Gasteiger partial charge on any atom is -0.479 e. The van der Waals surface area contributed by atoms with E-state index in [0.717, 1.165) is 25.7 Å². The average molecular weight is 227 g/mol. The number of hydrogen-bond acceptors (Lipinski definition) is 3. The zero-order valence-corrected chi connectivity index (χ0v) is 9.28. The summed E-state index contributed by atoms with van der Waals surface area (Å²) in [6, 6.07) is 0. The van der Waals surface area contributed by atoms with E-state index in [2.05, 4.69) is 0 Å². The molecule has 0 bridgehead atoms. The molecule has 1 saturated heterocycles. The van der Waals surface area contributed by atoms with Crippen LogP contribution in [0.2, 0.25) is 0 Å². The first-order valence-electron chi connectivity index (χ1n) is 5.85. The molecule has 0 radical (unpaired) electrons. The second kappa shape index (κ2) is 4.31. The zero-order valence-electron chi connectivity index (χ0n) is 9.28. The van der Waals surface area contributed by atoms with Crippen molar-refractivity contribution in [2.75, 3.05) is 13.2 Å². The first-order valence-corrected chi connectivity index (χ1v) is 5.85. The Kier molecular flexibility index (Phi) is 3.03. The number of carbonyl (C=O) groups is 2. The summed E-state index contributed by atoms with van der Waals surface area (Å²) in [5.41, 5.74) is -1.01. The summed E-state index contributed by atoms with van der Waals surface area (Å²) >= 11 is 0. The topological polar surface area (TPSA) is 66.8 Å². The van der Waals surface area contributed by atoms with E-state index in [1.807, 2.05) is 0 Å². The third-order valence-electron chi connectivity index (χ3n) is 3.61. The van der Waals surface area contributed by atoms with Gasteiger partial charge >= 0.3 is 12.1 Å². The molecule has 0 aromatic carbocycles. The van der Waals surface area contributed by atoms with Gasteiger partial charge in [0.1, 0.15) is 12.1 Å². The Hall–Kier alpha value is -1.26. The van der Waals surface area contributed by atoms with Crippen LogP contribution < -0.4 is 0 Å². The Labute approximate surface area is 94.4 Å². The highest BCUT2D eigenvalue weighted by Crippen LogP contribution is 2.34. The Balaban J connectivity index is 2.25. The van der Waals surface area contributed by atoms with Crippen LogP contribution in [0.5, 0.6) is 0 Å². The van der Waals surface area contributed by atoms with Gasteiger partial charge in [-0.1, -0.05) is 25.7 Å². The lowest BCUT2D eigenvalue weighted by Gasteiger charge is -2.35. The molecule has 1 saturated carbocycles. The molecule has 1 amide bonds. The largest absolute Gasteiger partial charge is 0.479 e. The van der Waals surface area contributed by atoms with Gasteiger partial charge in [0, 0.05) is 0 Å². The monoisotopic (exact) mass is 227 g/mol. The number of rotatable bonds is 2. The molecule has 5 heteroatoms. The van der Waals surface area contributed by atoms with E-state index in [1.165, 1.54) is 4.90 Å². The van der Waals surface area contributed by atoms with Crippen molar-refractivity contribution in [3.63, 3.8) is 0 Å². The van der Waals surface area contributed by atoms with Crippen molar-refractivity contribution in [3.05, 3.63) is 0 Å². The van der Waals surface area contributed by atoms with Gasteiger partial charge in [-0.15, -0.1) is 0 Å². The van der Waals surface area contributed by atoms with Crippen LogP contribution >= 0.6 is 0 Å². The van der Waals surface area contributed by atoms with Gasteiger partial charge in [0.05, 0.1) is 6.54 Å². The minimum absolute atomic E-state index is 0.313. The predicted octanol–water partition coefficient (Wildman–Crippen LogP) is 1.62. The van der Waals surface area contributed by atoms with Gasteiger partial charge in [0.15, 0.2) is 0 Å². The van der Waals surface area contributed by atoms with Crippen LogP contribution in [0, 0.1) is 0 Å². The molecule has 0 aromatic heterocycles. The highest BCUT2D eigenvalue weighted by molar-refractivity contribution is 5.85. The summed E-state index contributed by atoms with van der Waals surface area (Å²) in [7, 11) is 0. The number of carboxylic acid groups (broad SMARTS) is 1. The van der Waals surface area contributed by atoms with E-state index in [0.29, 0.717) is 26.0 Å². The van der Waals surface area contributed by atoms with E-state index in [1.54, 1.807) is 0 Å². The maximum atomic E-state index is 11.5. The fourth-order valence-corrected chi connectivity index (χ4v) is 2.69. The Morgan fingerprint density at radius 1 is 1.25 bits per heavy atom. The number of cyclic esters (lactones) is 1. The van der Waals surface area contributed by atoms with Crippen molar-refractivity contribution in [2.24, 2.45) is 0 Å². The number of amides is 1. The molecule has 16 heavy (non-hydrogen) atoms. The van der Waals surface area contributed by atoms with Crippen LogP contribution in [0.25, 0.3) is 0 Å². The van der Waals surface area contributed by atoms with Crippen molar-refractivity contribution in [1.82, 2.24) is 4.90 Å². The molecule has 2 rings (SSSR count). The third kappa shape index (κ3) is 1.74. The average Bonchev–Trinajstić information content (AvgIpc) is 2.55. The summed E-state index contributed by atoms with van der Waals surface area (Å²) < 4.78 is 4.86. The van der Waals surface area contributed by atoms with Gasteiger partial charge in [0.25, 0.3) is 0 Å². The summed E-state index contributed by atoms with van der Waals surface area (Å²) in [6.45, 7) is 0.721. The molecule has 0 spiro atoms. The Morgan fingerprint density at radius 3 is 2.31 bits per heavy atom. The summed E-state index contributed by atoms with van der Waals surface area (Å²) in [5, 5.41) is 9.44. The van der Waals surface area contributed by atoms with Crippen molar-refractivity contribution in [2.45, 2.75) is 44.1 Å². The maximum absolute atomic E-state index is 11.5. The number of nitrogens with zero attached hydrogens (tertiary/aromatic N) is 1. The minimum atomic E-state index is -1.01. The molecule has 90 valence electrons. The van der Waals surface area contributed by atoms with E-state index in [4.69, 9.17) is 4.74 Å². The molecule has 0 atom stereocenters. The second-order valence-corrected chi connectivity index (χ2v) is 4.52. The fourth-order valence-electron chi connectivity index (χ4n) is 2.69. The van der Waals surface area contributed by atoms with Gasteiger partial charge in [-0.05, 0) is 12.8 Å². The molecule has 5 nitrogen and oxygen atoms in total. The van der Waals surface area contributed by atoms with Crippen molar-refractivity contribution >= 4 is 12.1 Å². The standard InChI is InChI=1S/C11H17NO4/c13-9(14)11(5-3-1-2-4-6-11)12-7-8-16-10(12)15/h1-8H2,(H,13,14). The van der Waals surface area contributed by atoms with Gasteiger partial charge in [-0.2, -0.15) is 0 Å². The highest BCUT2D eigenvalue weighted by atomic mass is 16.6. The molecular formula is C11H17NO4. The number of ether oxygens (including phenoxy) is 1. The fraction of sp³-hybridized carbons (Fsp3) is 0.818. The summed E-state index contributed by atoms with van der Waals surface area (Å²) in [5.74, 6) is -0.881. The first-order chi connectivity index (χ1) is 7.67. The smallest absolute Gasteiger partial charge is 0.410 e. The van der Waals surface area contributed by atoms with Crippen LogP contribution in [0.3, 0.4) is 0 Å². The van der Waals surface area contributed by atoms with Gasteiger partial charge in [0.2, 0.25) is 0 Å². The maximum Gasteiger partial charge on any atom is 0.410 e. The molecule has 1 N–H and O–H groups in total. The Bertz CT molecular complexity index is 294. The second-order valence-electron chi connectivity index (χ2n) is 4.52. The van der Waals surface area contributed by atoms with Gasteiger partial charge < -0.3 is 9.84 Å². The summed E-state index contributed by atoms with van der Waals surface area (Å²) in [6.07, 6.45) is 4.49. The lowest BCUT2D eigenvalue weighted by atomic mass is 9.88.